The van der Waals surface area contributed by atoms with E-state index in [0.717, 1.165) is 30.0 Å². The van der Waals surface area contributed by atoms with Crippen molar-refractivity contribution in [2.24, 2.45) is 0 Å². The molecule has 4 nitrogen and oxygen atoms in total. The number of benzene rings is 1. The summed E-state index contributed by atoms with van der Waals surface area (Å²) in [5.74, 6) is 1.59. The van der Waals surface area contributed by atoms with Crippen LogP contribution in [0.4, 0.5) is 0 Å². The Morgan fingerprint density at radius 1 is 1.35 bits per heavy atom. The van der Waals surface area contributed by atoms with E-state index in [-0.39, 0.29) is 12.6 Å². The van der Waals surface area contributed by atoms with Gasteiger partial charge in [-0.2, -0.15) is 0 Å². The topological polar surface area (TPSA) is 50.7 Å². The first-order valence-corrected chi connectivity index (χ1v) is 6.09. The molecule has 0 saturated heterocycles. The third kappa shape index (κ3) is 2.90. The lowest BCUT2D eigenvalue weighted by molar-refractivity contribution is 0.174. The van der Waals surface area contributed by atoms with Crippen molar-refractivity contribution in [1.82, 2.24) is 5.32 Å². The zero-order valence-corrected chi connectivity index (χ0v) is 10.1. The minimum atomic E-state index is 0.175. The summed E-state index contributed by atoms with van der Waals surface area (Å²) in [5, 5.41) is 12.5. The van der Waals surface area contributed by atoms with Crippen molar-refractivity contribution in [3.8, 4) is 11.5 Å². The van der Waals surface area contributed by atoms with E-state index < -0.39 is 0 Å². The summed E-state index contributed by atoms with van der Waals surface area (Å²) in [7, 11) is 0. The molecule has 0 aliphatic carbocycles. The lowest BCUT2D eigenvalue weighted by Crippen LogP contribution is -2.23. The third-order valence-electron chi connectivity index (χ3n) is 2.86. The van der Waals surface area contributed by atoms with Gasteiger partial charge in [0.05, 0.1) is 0 Å². The van der Waals surface area contributed by atoms with Gasteiger partial charge < -0.3 is 19.9 Å². The number of hydrogen-bond donors (Lipinski definition) is 2. The van der Waals surface area contributed by atoms with Crippen molar-refractivity contribution in [2.75, 3.05) is 19.9 Å². The molecule has 17 heavy (non-hydrogen) atoms. The average Bonchev–Trinajstić information content (AvgIpc) is 2.81. The first-order valence-electron chi connectivity index (χ1n) is 6.09. The van der Waals surface area contributed by atoms with Gasteiger partial charge in [-0.05, 0) is 37.1 Å². The summed E-state index contributed by atoms with van der Waals surface area (Å²) in [6.07, 6.45) is 1.78. The number of ether oxygens (including phenoxy) is 2. The predicted molar refractivity (Wildman–Crippen MR) is 65.3 cm³/mol. The average molecular weight is 237 g/mol. The molecule has 1 aliphatic heterocycles. The second-order valence-electron chi connectivity index (χ2n) is 4.13. The van der Waals surface area contributed by atoms with Crippen LogP contribution in [0.5, 0.6) is 11.5 Å². The lowest BCUT2D eigenvalue weighted by atomic mass is 10.0. The highest BCUT2D eigenvalue weighted by Gasteiger charge is 2.17. The van der Waals surface area contributed by atoms with E-state index in [0.29, 0.717) is 13.2 Å². The van der Waals surface area contributed by atoms with E-state index in [9.17, 15) is 0 Å². The van der Waals surface area contributed by atoms with E-state index in [1.54, 1.807) is 0 Å². The minimum absolute atomic E-state index is 0.175. The summed E-state index contributed by atoms with van der Waals surface area (Å²) >= 11 is 0. The van der Waals surface area contributed by atoms with E-state index in [2.05, 4.69) is 12.2 Å². The maximum Gasteiger partial charge on any atom is 0.231 e. The SMILES string of the molecule is CCCNC(CCO)c1ccc2c(c1)OCO2. The number of aliphatic hydroxyl groups excluding tert-OH is 1. The molecule has 1 heterocycles. The van der Waals surface area contributed by atoms with Crippen molar-refractivity contribution in [2.45, 2.75) is 25.8 Å². The zero-order chi connectivity index (χ0) is 12.1. The summed E-state index contributed by atoms with van der Waals surface area (Å²) in [6.45, 7) is 3.55. The van der Waals surface area contributed by atoms with Gasteiger partial charge in [-0.1, -0.05) is 13.0 Å². The number of rotatable bonds is 6. The van der Waals surface area contributed by atoms with Crippen LogP contribution in [0.25, 0.3) is 0 Å². The van der Waals surface area contributed by atoms with E-state index in [1.807, 2.05) is 18.2 Å². The monoisotopic (exact) mass is 237 g/mol. The first-order chi connectivity index (χ1) is 8.35. The van der Waals surface area contributed by atoms with Gasteiger partial charge >= 0.3 is 0 Å². The van der Waals surface area contributed by atoms with Crippen molar-refractivity contribution in [3.05, 3.63) is 23.8 Å². The molecule has 0 saturated carbocycles. The van der Waals surface area contributed by atoms with Crippen LogP contribution in [-0.4, -0.2) is 25.1 Å². The van der Waals surface area contributed by atoms with Gasteiger partial charge in [-0.25, -0.2) is 0 Å². The van der Waals surface area contributed by atoms with Crippen molar-refractivity contribution in [3.63, 3.8) is 0 Å². The Hall–Kier alpha value is -1.26. The number of hydrogen-bond acceptors (Lipinski definition) is 4. The standard InChI is InChI=1S/C13H19NO3/c1-2-6-14-11(5-7-15)10-3-4-12-13(8-10)17-9-16-12/h3-4,8,11,14-15H,2,5-7,9H2,1H3. The van der Waals surface area contributed by atoms with Crippen LogP contribution >= 0.6 is 0 Å². The molecule has 4 heteroatoms. The van der Waals surface area contributed by atoms with Gasteiger partial charge in [0, 0.05) is 12.6 Å². The minimum Gasteiger partial charge on any atom is -0.454 e. The van der Waals surface area contributed by atoms with Gasteiger partial charge in [-0.15, -0.1) is 0 Å². The molecular weight excluding hydrogens is 218 g/mol. The molecule has 2 N–H and O–H groups in total. The first kappa shape index (κ1) is 12.2. The normalized spacial score (nSPS) is 14.9. The van der Waals surface area contributed by atoms with Gasteiger partial charge in [0.2, 0.25) is 6.79 Å². The second-order valence-corrected chi connectivity index (χ2v) is 4.13. The van der Waals surface area contributed by atoms with E-state index in [1.165, 1.54) is 0 Å². The molecule has 0 amide bonds. The van der Waals surface area contributed by atoms with Crippen molar-refractivity contribution >= 4 is 0 Å². The Morgan fingerprint density at radius 2 is 2.18 bits per heavy atom. The van der Waals surface area contributed by atoms with Gasteiger partial charge in [0.15, 0.2) is 11.5 Å². The Kier molecular flexibility index (Phi) is 4.23. The molecule has 0 fully saturated rings. The van der Waals surface area contributed by atoms with Gasteiger partial charge in [-0.3, -0.25) is 0 Å². The van der Waals surface area contributed by atoms with Crippen molar-refractivity contribution in [1.29, 1.82) is 0 Å². The maximum atomic E-state index is 9.09. The highest BCUT2D eigenvalue weighted by Crippen LogP contribution is 2.34. The zero-order valence-electron chi connectivity index (χ0n) is 10.1. The van der Waals surface area contributed by atoms with Crippen LogP contribution in [0.3, 0.4) is 0 Å². The quantitative estimate of drug-likeness (QED) is 0.792. The largest absolute Gasteiger partial charge is 0.454 e. The highest BCUT2D eigenvalue weighted by atomic mass is 16.7. The van der Waals surface area contributed by atoms with Gasteiger partial charge in [0.25, 0.3) is 0 Å². The smallest absolute Gasteiger partial charge is 0.231 e. The molecule has 2 rings (SSSR count). The molecule has 94 valence electrons. The molecule has 0 radical (unpaired) electrons. The Balaban J connectivity index is 2.11. The summed E-state index contributed by atoms with van der Waals surface area (Å²) in [5.41, 5.74) is 1.14. The van der Waals surface area contributed by atoms with Crippen LogP contribution in [0, 0.1) is 0 Å². The highest BCUT2D eigenvalue weighted by molar-refractivity contribution is 5.45. The molecule has 1 unspecified atom stereocenters. The fraction of sp³-hybridized carbons (Fsp3) is 0.538. The molecule has 1 aromatic carbocycles. The van der Waals surface area contributed by atoms with Crippen LogP contribution in [0.15, 0.2) is 18.2 Å². The Labute approximate surface area is 102 Å². The van der Waals surface area contributed by atoms with Crippen LogP contribution in [-0.2, 0) is 0 Å². The van der Waals surface area contributed by atoms with E-state index >= 15 is 0 Å². The van der Waals surface area contributed by atoms with Gasteiger partial charge in [0.1, 0.15) is 0 Å². The summed E-state index contributed by atoms with van der Waals surface area (Å²) < 4.78 is 10.6. The van der Waals surface area contributed by atoms with Crippen molar-refractivity contribution < 1.29 is 14.6 Å². The molecule has 1 aliphatic rings. The van der Waals surface area contributed by atoms with Crippen LogP contribution in [0.1, 0.15) is 31.4 Å². The second kappa shape index (κ2) is 5.89. The predicted octanol–water partition coefficient (Wildman–Crippen LogP) is 1.84. The molecular formula is C13H19NO3. The number of fused-ring (bicyclic) bond motifs is 1. The molecule has 1 atom stereocenters. The lowest BCUT2D eigenvalue weighted by Gasteiger charge is -2.18. The summed E-state index contributed by atoms with van der Waals surface area (Å²) in [4.78, 5) is 0. The number of aliphatic hydroxyl groups is 1. The fourth-order valence-corrected chi connectivity index (χ4v) is 1.96. The van der Waals surface area contributed by atoms with E-state index in [4.69, 9.17) is 14.6 Å². The molecule has 0 bridgehead atoms. The Morgan fingerprint density at radius 3 is 2.94 bits per heavy atom. The van der Waals surface area contributed by atoms with Crippen LogP contribution in [0.2, 0.25) is 0 Å². The molecule has 1 aromatic rings. The summed E-state index contributed by atoms with van der Waals surface area (Å²) in [6, 6.07) is 6.12. The maximum absolute atomic E-state index is 9.09. The van der Waals surface area contributed by atoms with Crippen LogP contribution < -0.4 is 14.8 Å². The number of nitrogens with one attached hydrogen (secondary N) is 1. The Bertz CT molecular complexity index is 368. The fourth-order valence-electron chi connectivity index (χ4n) is 1.96. The molecule has 0 aromatic heterocycles. The molecule has 0 spiro atoms. The third-order valence-corrected chi connectivity index (χ3v) is 2.86.